The van der Waals surface area contributed by atoms with E-state index in [4.69, 9.17) is 4.43 Å². The lowest BCUT2D eigenvalue weighted by molar-refractivity contribution is -0.104. The van der Waals surface area contributed by atoms with Gasteiger partial charge in [0.2, 0.25) is 0 Å². The summed E-state index contributed by atoms with van der Waals surface area (Å²) in [5, 5.41) is 0.243. The van der Waals surface area contributed by atoms with E-state index in [0.29, 0.717) is 6.61 Å². The van der Waals surface area contributed by atoms with Crippen LogP contribution < -0.4 is 0 Å². The molecule has 0 saturated heterocycles. The highest BCUT2D eigenvalue weighted by atomic mass is 28.4. The number of carbonyl (C=O) groups is 1. The molecule has 0 aromatic carbocycles. The summed E-state index contributed by atoms with van der Waals surface area (Å²) in [4.78, 5) is 10.1. The maximum Gasteiger partial charge on any atom is 0.192 e. The van der Waals surface area contributed by atoms with Gasteiger partial charge in [0.25, 0.3) is 0 Å². The van der Waals surface area contributed by atoms with Crippen molar-refractivity contribution in [2.24, 2.45) is 0 Å². The average Bonchev–Trinajstić information content (AvgIpc) is 2.12. The lowest BCUT2D eigenvalue weighted by atomic mass is 10.2. The van der Waals surface area contributed by atoms with E-state index in [0.717, 1.165) is 11.9 Å². The minimum atomic E-state index is -1.64. The fraction of sp³-hybridized carbons (Fsp3) is 0.615. The topological polar surface area (TPSA) is 26.3 Å². The fourth-order valence-electron chi connectivity index (χ4n) is 0.857. The monoisotopic (exact) mass is 240 g/mol. The van der Waals surface area contributed by atoms with E-state index >= 15 is 0 Å². The summed E-state index contributed by atoms with van der Waals surface area (Å²) in [6.07, 6.45) is 6.09. The number of aldehydes is 1. The molecule has 16 heavy (non-hydrogen) atoms. The van der Waals surface area contributed by atoms with Gasteiger partial charge in [-0.15, -0.1) is 0 Å². The summed E-state index contributed by atoms with van der Waals surface area (Å²) in [7, 11) is -1.64. The highest BCUT2D eigenvalue weighted by Crippen LogP contribution is 2.36. The van der Waals surface area contributed by atoms with E-state index in [-0.39, 0.29) is 5.04 Å². The van der Waals surface area contributed by atoms with Gasteiger partial charge >= 0.3 is 0 Å². The molecule has 0 aromatic rings. The fourth-order valence-corrected chi connectivity index (χ4v) is 1.79. The SMILES string of the molecule is CC(/C=C/C=O)=C\CO[Si](C)(C)C(C)(C)C. The Bertz CT molecular complexity index is 283. The third-order valence-corrected chi connectivity index (χ3v) is 7.59. The second-order valence-electron chi connectivity index (χ2n) is 5.51. The molecule has 0 rings (SSSR count). The predicted octanol–water partition coefficient (Wildman–Crippen LogP) is 3.71. The normalized spacial score (nSPS) is 14.5. The summed E-state index contributed by atoms with van der Waals surface area (Å²) in [5.74, 6) is 0. The van der Waals surface area contributed by atoms with Crippen molar-refractivity contribution < 1.29 is 9.22 Å². The summed E-state index contributed by atoms with van der Waals surface area (Å²) in [6.45, 7) is 13.7. The molecule has 92 valence electrons. The van der Waals surface area contributed by atoms with Gasteiger partial charge in [0, 0.05) is 0 Å². The summed E-state index contributed by atoms with van der Waals surface area (Å²) < 4.78 is 5.98. The molecule has 3 heteroatoms. The Morgan fingerprint density at radius 2 is 1.88 bits per heavy atom. The van der Waals surface area contributed by atoms with Crippen molar-refractivity contribution in [1.82, 2.24) is 0 Å². The zero-order chi connectivity index (χ0) is 12.8. The highest BCUT2D eigenvalue weighted by molar-refractivity contribution is 6.74. The second-order valence-corrected chi connectivity index (χ2v) is 10.3. The minimum absolute atomic E-state index is 0.243. The quantitative estimate of drug-likeness (QED) is 0.317. The van der Waals surface area contributed by atoms with Crippen molar-refractivity contribution >= 4 is 14.6 Å². The Balaban J connectivity index is 4.26. The van der Waals surface area contributed by atoms with E-state index in [1.165, 1.54) is 6.08 Å². The van der Waals surface area contributed by atoms with Crippen LogP contribution in [0.2, 0.25) is 18.1 Å². The van der Waals surface area contributed by atoms with Gasteiger partial charge < -0.3 is 4.43 Å². The average molecular weight is 240 g/mol. The number of rotatable bonds is 5. The molecule has 0 aliphatic heterocycles. The molecule has 2 nitrogen and oxygen atoms in total. The number of carbonyl (C=O) groups excluding carboxylic acids is 1. The van der Waals surface area contributed by atoms with E-state index in [1.54, 1.807) is 6.08 Å². The lowest BCUT2D eigenvalue weighted by Gasteiger charge is -2.35. The predicted molar refractivity (Wildman–Crippen MR) is 72.1 cm³/mol. The van der Waals surface area contributed by atoms with Crippen LogP contribution in [0.3, 0.4) is 0 Å². The van der Waals surface area contributed by atoms with E-state index in [1.807, 2.05) is 13.0 Å². The molecule has 0 aliphatic rings. The van der Waals surface area contributed by atoms with Crippen LogP contribution in [-0.2, 0) is 9.22 Å². The van der Waals surface area contributed by atoms with Gasteiger partial charge in [0.15, 0.2) is 8.32 Å². The summed E-state index contributed by atoms with van der Waals surface area (Å²) in [6, 6.07) is 0. The Morgan fingerprint density at radius 1 is 1.31 bits per heavy atom. The molecule has 0 radical (unpaired) electrons. The first kappa shape index (κ1) is 15.3. The van der Waals surface area contributed by atoms with Crippen LogP contribution in [0.25, 0.3) is 0 Å². The molecule has 0 N–H and O–H groups in total. The smallest absolute Gasteiger partial charge is 0.192 e. The molecule has 0 amide bonds. The lowest BCUT2D eigenvalue weighted by Crippen LogP contribution is -2.40. The zero-order valence-corrected chi connectivity index (χ0v) is 12.3. The van der Waals surface area contributed by atoms with Gasteiger partial charge in [-0.25, -0.2) is 0 Å². The van der Waals surface area contributed by atoms with Gasteiger partial charge in [0.1, 0.15) is 6.29 Å². The molecule has 0 aromatic heterocycles. The minimum Gasteiger partial charge on any atom is -0.413 e. The molecular weight excluding hydrogens is 216 g/mol. The summed E-state index contributed by atoms with van der Waals surface area (Å²) in [5.41, 5.74) is 1.06. The van der Waals surface area contributed by atoms with Crippen LogP contribution in [0.15, 0.2) is 23.8 Å². The van der Waals surface area contributed by atoms with Crippen LogP contribution >= 0.6 is 0 Å². The molecule has 0 atom stereocenters. The highest BCUT2D eigenvalue weighted by Gasteiger charge is 2.36. The van der Waals surface area contributed by atoms with Gasteiger partial charge in [-0.3, -0.25) is 4.79 Å². The van der Waals surface area contributed by atoms with Crippen molar-refractivity contribution in [3.8, 4) is 0 Å². The maximum atomic E-state index is 10.1. The molecule has 0 unspecified atom stereocenters. The first-order chi connectivity index (χ1) is 7.20. The van der Waals surface area contributed by atoms with Gasteiger partial charge in [-0.1, -0.05) is 38.5 Å². The number of hydrogen-bond acceptors (Lipinski definition) is 2. The van der Waals surface area contributed by atoms with Crippen molar-refractivity contribution in [1.29, 1.82) is 0 Å². The van der Waals surface area contributed by atoms with Gasteiger partial charge in [0.05, 0.1) is 6.61 Å². The van der Waals surface area contributed by atoms with Gasteiger partial charge in [-0.2, -0.15) is 0 Å². The van der Waals surface area contributed by atoms with Crippen molar-refractivity contribution in [3.05, 3.63) is 23.8 Å². The van der Waals surface area contributed by atoms with E-state index in [2.05, 4.69) is 33.9 Å². The second kappa shape index (κ2) is 6.16. The third-order valence-electron chi connectivity index (χ3n) is 3.09. The Kier molecular flexibility index (Phi) is 5.90. The molecule has 0 aliphatic carbocycles. The molecule has 0 fully saturated rings. The Morgan fingerprint density at radius 3 is 2.31 bits per heavy atom. The largest absolute Gasteiger partial charge is 0.413 e. The molecule has 0 bridgehead atoms. The molecule has 0 saturated carbocycles. The molecule has 0 spiro atoms. The van der Waals surface area contributed by atoms with Crippen LogP contribution in [0.1, 0.15) is 27.7 Å². The van der Waals surface area contributed by atoms with Crippen molar-refractivity contribution in [2.75, 3.05) is 6.61 Å². The molecular formula is C13H24O2Si. The Labute approximate surface area is 101 Å². The third kappa shape index (κ3) is 5.42. The van der Waals surface area contributed by atoms with Crippen molar-refractivity contribution in [2.45, 2.75) is 45.8 Å². The van der Waals surface area contributed by atoms with Crippen LogP contribution in [0.4, 0.5) is 0 Å². The standard InChI is InChI=1S/C13H24O2Si/c1-12(8-7-10-14)9-11-15-16(5,6)13(2,3)4/h7-10H,11H2,1-6H3/b8-7+,12-9+. The zero-order valence-electron chi connectivity index (χ0n) is 11.3. The summed E-state index contributed by atoms with van der Waals surface area (Å²) >= 11 is 0. The maximum absolute atomic E-state index is 10.1. The van der Waals surface area contributed by atoms with Crippen LogP contribution in [0.5, 0.6) is 0 Å². The number of allylic oxidation sites excluding steroid dienone is 3. The van der Waals surface area contributed by atoms with Crippen LogP contribution in [0, 0.1) is 0 Å². The first-order valence-electron chi connectivity index (χ1n) is 5.63. The van der Waals surface area contributed by atoms with E-state index in [9.17, 15) is 4.79 Å². The van der Waals surface area contributed by atoms with E-state index < -0.39 is 8.32 Å². The first-order valence-corrected chi connectivity index (χ1v) is 8.54. The molecule has 0 heterocycles. The Hall–Kier alpha value is -0.673. The van der Waals surface area contributed by atoms with Crippen molar-refractivity contribution in [3.63, 3.8) is 0 Å². The van der Waals surface area contributed by atoms with Crippen LogP contribution in [-0.4, -0.2) is 21.2 Å². The van der Waals surface area contributed by atoms with Gasteiger partial charge in [-0.05, 0) is 31.1 Å². The number of hydrogen-bond donors (Lipinski definition) is 0.